The highest BCUT2D eigenvalue weighted by molar-refractivity contribution is 4.78. The molecular weight excluding hydrogens is 226 g/mol. The van der Waals surface area contributed by atoms with Crippen molar-refractivity contribution in [2.24, 2.45) is 0 Å². The number of hydrogen-bond acceptors (Lipinski definition) is 3. The molecule has 108 valence electrons. The Morgan fingerprint density at radius 1 is 1.28 bits per heavy atom. The highest BCUT2D eigenvalue weighted by Crippen LogP contribution is 2.20. The van der Waals surface area contributed by atoms with Gasteiger partial charge in [-0.15, -0.1) is 0 Å². The number of rotatable bonds is 9. The van der Waals surface area contributed by atoms with Gasteiger partial charge >= 0.3 is 0 Å². The van der Waals surface area contributed by atoms with Crippen molar-refractivity contribution in [1.82, 2.24) is 4.90 Å². The van der Waals surface area contributed by atoms with Gasteiger partial charge in [-0.1, -0.05) is 33.1 Å². The number of piperidine rings is 1. The summed E-state index contributed by atoms with van der Waals surface area (Å²) < 4.78 is 5.50. The summed E-state index contributed by atoms with van der Waals surface area (Å²) in [5, 5.41) is 10.0. The van der Waals surface area contributed by atoms with Gasteiger partial charge in [0.1, 0.15) is 0 Å². The van der Waals surface area contributed by atoms with Gasteiger partial charge in [0.15, 0.2) is 0 Å². The molecule has 3 heteroatoms. The van der Waals surface area contributed by atoms with Gasteiger partial charge in [-0.2, -0.15) is 0 Å². The van der Waals surface area contributed by atoms with E-state index in [0.717, 1.165) is 32.5 Å². The van der Waals surface area contributed by atoms with Crippen molar-refractivity contribution >= 4 is 0 Å². The van der Waals surface area contributed by atoms with Gasteiger partial charge in [0.25, 0.3) is 0 Å². The molecule has 0 amide bonds. The van der Waals surface area contributed by atoms with E-state index in [4.69, 9.17) is 4.74 Å². The Bertz CT molecular complexity index is 197. The molecule has 0 aromatic rings. The molecule has 1 heterocycles. The predicted octanol–water partition coefficient (Wildman–Crippen LogP) is 2.82. The van der Waals surface area contributed by atoms with E-state index >= 15 is 0 Å². The van der Waals surface area contributed by atoms with Crippen LogP contribution in [0.2, 0.25) is 0 Å². The summed E-state index contributed by atoms with van der Waals surface area (Å²) in [5.74, 6) is 0. The fourth-order valence-electron chi connectivity index (χ4n) is 2.75. The third-order valence-electron chi connectivity index (χ3n) is 3.77. The smallest absolute Gasteiger partial charge is 0.0900 e. The number of aliphatic hydroxyl groups excluding tert-OH is 1. The van der Waals surface area contributed by atoms with Crippen molar-refractivity contribution in [2.45, 2.75) is 70.9 Å². The highest BCUT2D eigenvalue weighted by atomic mass is 16.5. The van der Waals surface area contributed by atoms with Crippen molar-refractivity contribution in [3.8, 4) is 0 Å². The molecule has 3 nitrogen and oxygen atoms in total. The van der Waals surface area contributed by atoms with E-state index in [1.54, 1.807) is 0 Å². The minimum absolute atomic E-state index is 0.320. The van der Waals surface area contributed by atoms with Gasteiger partial charge in [0.2, 0.25) is 0 Å². The van der Waals surface area contributed by atoms with Crippen LogP contribution in [0, 0.1) is 0 Å². The van der Waals surface area contributed by atoms with Gasteiger partial charge < -0.3 is 9.84 Å². The SMILES string of the molecule is CCCCOCC(O)CN1CCCCC1CCC. The third-order valence-corrected chi connectivity index (χ3v) is 3.77. The summed E-state index contributed by atoms with van der Waals surface area (Å²) in [6, 6.07) is 0.689. The second kappa shape index (κ2) is 9.76. The van der Waals surface area contributed by atoms with E-state index in [1.807, 2.05) is 0 Å². The number of unbranched alkanes of at least 4 members (excludes halogenated alkanes) is 1. The van der Waals surface area contributed by atoms with Crippen LogP contribution in [0.25, 0.3) is 0 Å². The van der Waals surface area contributed by atoms with Crippen molar-refractivity contribution in [1.29, 1.82) is 0 Å². The summed E-state index contributed by atoms with van der Waals surface area (Å²) >= 11 is 0. The highest BCUT2D eigenvalue weighted by Gasteiger charge is 2.23. The standard InChI is InChI=1S/C15H31NO2/c1-3-5-11-18-13-15(17)12-16-10-7-6-9-14(16)8-4-2/h14-15,17H,3-13H2,1-2H3. The van der Waals surface area contributed by atoms with Gasteiger partial charge in [0.05, 0.1) is 12.7 Å². The molecule has 0 spiro atoms. The van der Waals surface area contributed by atoms with Crippen LogP contribution < -0.4 is 0 Å². The lowest BCUT2D eigenvalue weighted by atomic mass is 9.98. The fourth-order valence-corrected chi connectivity index (χ4v) is 2.75. The molecule has 1 aliphatic heterocycles. The van der Waals surface area contributed by atoms with Crippen LogP contribution in [0.15, 0.2) is 0 Å². The lowest BCUT2D eigenvalue weighted by Gasteiger charge is -2.36. The Morgan fingerprint density at radius 3 is 2.83 bits per heavy atom. The van der Waals surface area contributed by atoms with Crippen LogP contribution in [-0.2, 0) is 4.74 Å². The van der Waals surface area contributed by atoms with E-state index in [1.165, 1.54) is 32.1 Å². The average Bonchev–Trinajstić information content (AvgIpc) is 2.37. The summed E-state index contributed by atoms with van der Waals surface area (Å²) in [7, 11) is 0. The van der Waals surface area contributed by atoms with Gasteiger partial charge in [-0.25, -0.2) is 0 Å². The minimum Gasteiger partial charge on any atom is -0.389 e. The normalized spacial score (nSPS) is 23.2. The molecule has 0 aliphatic carbocycles. The summed E-state index contributed by atoms with van der Waals surface area (Å²) in [6.07, 6.45) is 8.37. The first-order valence-electron chi connectivity index (χ1n) is 7.77. The predicted molar refractivity (Wildman–Crippen MR) is 75.9 cm³/mol. The molecule has 2 atom stereocenters. The molecule has 2 unspecified atom stereocenters. The van der Waals surface area contributed by atoms with E-state index in [2.05, 4.69) is 18.7 Å². The Kier molecular flexibility index (Phi) is 8.64. The van der Waals surface area contributed by atoms with Gasteiger partial charge in [0, 0.05) is 19.2 Å². The quantitative estimate of drug-likeness (QED) is 0.645. The molecular formula is C15H31NO2. The number of β-amino-alcohol motifs (C(OH)–C–C–N with tert-alkyl or cyclic N) is 1. The molecule has 0 saturated carbocycles. The zero-order valence-corrected chi connectivity index (χ0v) is 12.2. The second-order valence-corrected chi connectivity index (χ2v) is 5.52. The maximum Gasteiger partial charge on any atom is 0.0900 e. The zero-order valence-electron chi connectivity index (χ0n) is 12.2. The molecule has 0 radical (unpaired) electrons. The largest absolute Gasteiger partial charge is 0.389 e. The fraction of sp³-hybridized carbons (Fsp3) is 1.00. The molecule has 0 bridgehead atoms. The number of nitrogens with zero attached hydrogens (tertiary/aromatic N) is 1. The van der Waals surface area contributed by atoms with E-state index < -0.39 is 0 Å². The maximum atomic E-state index is 10.0. The Labute approximate surface area is 113 Å². The van der Waals surface area contributed by atoms with Gasteiger partial charge in [-0.05, 0) is 32.2 Å². The van der Waals surface area contributed by atoms with Crippen LogP contribution >= 0.6 is 0 Å². The lowest BCUT2D eigenvalue weighted by Crippen LogP contribution is -2.44. The monoisotopic (exact) mass is 257 g/mol. The summed E-state index contributed by atoms with van der Waals surface area (Å²) in [5.41, 5.74) is 0. The Balaban J connectivity index is 2.20. The first kappa shape index (κ1) is 15.9. The van der Waals surface area contributed by atoms with Crippen molar-refractivity contribution < 1.29 is 9.84 Å². The number of hydrogen-bond donors (Lipinski definition) is 1. The zero-order chi connectivity index (χ0) is 13.2. The molecule has 1 rings (SSSR count). The van der Waals surface area contributed by atoms with Crippen LogP contribution in [-0.4, -0.2) is 48.5 Å². The molecule has 1 aliphatic rings. The first-order valence-corrected chi connectivity index (χ1v) is 7.77. The molecule has 0 aromatic carbocycles. The second-order valence-electron chi connectivity index (χ2n) is 5.52. The molecule has 1 saturated heterocycles. The van der Waals surface area contributed by atoms with Crippen LogP contribution in [0.1, 0.15) is 58.8 Å². The van der Waals surface area contributed by atoms with Crippen LogP contribution in [0.3, 0.4) is 0 Å². The number of aliphatic hydroxyl groups is 1. The van der Waals surface area contributed by atoms with Crippen molar-refractivity contribution in [3.63, 3.8) is 0 Å². The van der Waals surface area contributed by atoms with E-state index in [-0.39, 0.29) is 6.10 Å². The minimum atomic E-state index is -0.320. The van der Waals surface area contributed by atoms with Crippen LogP contribution in [0.5, 0.6) is 0 Å². The Hall–Kier alpha value is -0.120. The van der Waals surface area contributed by atoms with Crippen molar-refractivity contribution in [3.05, 3.63) is 0 Å². The lowest BCUT2D eigenvalue weighted by molar-refractivity contribution is 0.000388. The average molecular weight is 257 g/mol. The number of ether oxygens (including phenoxy) is 1. The molecule has 18 heavy (non-hydrogen) atoms. The van der Waals surface area contributed by atoms with Gasteiger partial charge in [-0.3, -0.25) is 4.90 Å². The molecule has 0 aromatic heterocycles. The summed E-state index contributed by atoms with van der Waals surface area (Å²) in [6.45, 7) is 7.62. The Morgan fingerprint density at radius 2 is 2.11 bits per heavy atom. The topological polar surface area (TPSA) is 32.7 Å². The molecule has 1 N–H and O–H groups in total. The van der Waals surface area contributed by atoms with Crippen LogP contribution in [0.4, 0.5) is 0 Å². The summed E-state index contributed by atoms with van der Waals surface area (Å²) in [4.78, 5) is 2.47. The van der Waals surface area contributed by atoms with E-state index in [0.29, 0.717) is 12.6 Å². The molecule has 1 fully saturated rings. The van der Waals surface area contributed by atoms with Crippen molar-refractivity contribution in [2.75, 3.05) is 26.3 Å². The third kappa shape index (κ3) is 6.17. The number of likely N-dealkylation sites (tertiary alicyclic amines) is 1. The maximum absolute atomic E-state index is 10.0. The van der Waals surface area contributed by atoms with E-state index in [9.17, 15) is 5.11 Å². The first-order chi connectivity index (χ1) is 8.77.